The molecule has 3 heterocycles. The Labute approximate surface area is 156 Å². The first-order chi connectivity index (χ1) is 12.4. The third-order valence-electron chi connectivity index (χ3n) is 4.75. The molecule has 7 heteroatoms. The Morgan fingerprint density at radius 3 is 2.54 bits per heavy atom. The highest BCUT2D eigenvalue weighted by molar-refractivity contribution is 7.13. The van der Waals surface area contributed by atoms with Gasteiger partial charge in [0.2, 0.25) is 5.56 Å². The van der Waals surface area contributed by atoms with Gasteiger partial charge in [-0.25, -0.2) is 0 Å². The van der Waals surface area contributed by atoms with Crippen molar-refractivity contribution < 1.29 is 9.59 Å². The summed E-state index contributed by atoms with van der Waals surface area (Å²) in [6.07, 6.45) is 3.30. The number of pyridine rings is 1. The highest BCUT2D eigenvalue weighted by Gasteiger charge is 2.24. The third-order valence-corrected chi connectivity index (χ3v) is 5.74. The zero-order valence-electron chi connectivity index (χ0n) is 15.0. The average molecular weight is 373 g/mol. The van der Waals surface area contributed by atoms with E-state index in [-0.39, 0.29) is 17.4 Å². The van der Waals surface area contributed by atoms with Crippen molar-refractivity contribution in [3.05, 3.63) is 56.1 Å². The lowest BCUT2D eigenvalue weighted by Crippen LogP contribution is -2.41. The van der Waals surface area contributed by atoms with E-state index in [1.54, 1.807) is 19.3 Å². The standard InChI is InChI=1S/C19H23N3O3S/c1-13-3-5-16(26-13)19(25)22-9-7-14(8-10-22)11-20-18(24)15-4-6-17(23)21(2)12-15/h3-6,12,14H,7-11H2,1-2H3,(H,20,24). The summed E-state index contributed by atoms with van der Waals surface area (Å²) in [6, 6.07) is 6.80. The van der Waals surface area contributed by atoms with Gasteiger partial charge in [0.25, 0.3) is 11.8 Å². The fourth-order valence-electron chi connectivity index (χ4n) is 3.11. The predicted molar refractivity (Wildman–Crippen MR) is 102 cm³/mol. The molecule has 2 aromatic heterocycles. The monoisotopic (exact) mass is 373 g/mol. The van der Waals surface area contributed by atoms with Crippen LogP contribution in [-0.2, 0) is 7.05 Å². The first kappa shape index (κ1) is 18.4. The van der Waals surface area contributed by atoms with Gasteiger partial charge in [0.05, 0.1) is 10.4 Å². The summed E-state index contributed by atoms with van der Waals surface area (Å²) >= 11 is 1.53. The lowest BCUT2D eigenvalue weighted by molar-refractivity contribution is 0.0689. The van der Waals surface area contributed by atoms with Crippen LogP contribution in [0.1, 0.15) is 37.7 Å². The molecule has 0 bridgehead atoms. The van der Waals surface area contributed by atoms with Gasteiger partial charge in [0.15, 0.2) is 0 Å². The minimum absolute atomic E-state index is 0.107. The number of carbonyl (C=O) groups excluding carboxylic acids is 2. The predicted octanol–water partition coefficient (Wildman–Crippen LogP) is 2.04. The Kier molecular flexibility index (Phi) is 5.56. The molecule has 2 amide bonds. The number of thiophene rings is 1. The van der Waals surface area contributed by atoms with E-state index >= 15 is 0 Å². The summed E-state index contributed by atoms with van der Waals surface area (Å²) < 4.78 is 1.39. The van der Waals surface area contributed by atoms with Crippen molar-refractivity contribution in [2.24, 2.45) is 13.0 Å². The van der Waals surface area contributed by atoms with E-state index in [1.165, 1.54) is 22.0 Å². The number of hydrogen-bond acceptors (Lipinski definition) is 4. The van der Waals surface area contributed by atoms with Gasteiger partial charge in [-0.3, -0.25) is 14.4 Å². The second-order valence-electron chi connectivity index (χ2n) is 6.72. The number of aromatic nitrogens is 1. The Morgan fingerprint density at radius 1 is 1.19 bits per heavy atom. The van der Waals surface area contributed by atoms with Crippen LogP contribution in [0.5, 0.6) is 0 Å². The van der Waals surface area contributed by atoms with Crippen LogP contribution in [0, 0.1) is 12.8 Å². The van der Waals surface area contributed by atoms with Gasteiger partial charge in [-0.1, -0.05) is 0 Å². The maximum atomic E-state index is 12.5. The smallest absolute Gasteiger partial charge is 0.263 e. The lowest BCUT2D eigenvalue weighted by Gasteiger charge is -2.31. The van der Waals surface area contributed by atoms with E-state index in [9.17, 15) is 14.4 Å². The number of amides is 2. The summed E-state index contributed by atoms with van der Waals surface area (Å²) in [5.74, 6) is 0.296. The summed E-state index contributed by atoms with van der Waals surface area (Å²) in [7, 11) is 1.63. The van der Waals surface area contributed by atoms with E-state index in [4.69, 9.17) is 0 Å². The molecule has 0 atom stereocenters. The molecule has 1 fully saturated rings. The Bertz CT molecular complexity index is 863. The molecule has 0 aliphatic carbocycles. The van der Waals surface area contributed by atoms with Crippen LogP contribution in [0.25, 0.3) is 0 Å². The highest BCUT2D eigenvalue weighted by Crippen LogP contribution is 2.22. The van der Waals surface area contributed by atoms with Gasteiger partial charge in [0.1, 0.15) is 0 Å². The fraction of sp³-hybridized carbons (Fsp3) is 0.421. The molecule has 0 unspecified atom stereocenters. The maximum absolute atomic E-state index is 12.5. The number of hydrogen-bond donors (Lipinski definition) is 1. The van der Waals surface area contributed by atoms with Crippen molar-refractivity contribution in [3.63, 3.8) is 0 Å². The Morgan fingerprint density at radius 2 is 1.92 bits per heavy atom. The second kappa shape index (κ2) is 7.86. The molecule has 138 valence electrons. The molecular weight excluding hydrogens is 350 g/mol. The number of carbonyl (C=O) groups is 2. The first-order valence-electron chi connectivity index (χ1n) is 8.74. The molecule has 1 aliphatic rings. The quantitative estimate of drug-likeness (QED) is 0.891. The minimum atomic E-state index is -0.173. The molecule has 26 heavy (non-hydrogen) atoms. The van der Waals surface area contributed by atoms with Gasteiger partial charge in [0, 0.05) is 43.8 Å². The van der Waals surface area contributed by atoms with Crippen molar-refractivity contribution >= 4 is 23.2 Å². The van der Waals surface area contributed by atoms with Gasteiger partial charge in [-0.15, -0.1) is 11.3 Å². The molecule has 0 radical (unpaired) electrons. The SMILES string of the molecule is Cc1ccc(C(=O)N2CCC(CNC(=O)c3ccc(=O)n(C)c3)CC2)s1. The number of nitrogens with one attached hydrogen (secondary N) is 1. The molecule has 1 saturated heterocycles. The van der Waals surface area contributed by atoms with Crippen molar-refractivity contribution in [1.29, 1.82) is 0 Å². The summed E-state index contributed by atoms with van der Waals surface area (Å²) in [4.78, 5) is 39.9. The zero-order chi connectivity index (χ0) is 18.7. The number of piperidine rings is 1. The normalized spacial score (nSPS) is 15.1. The van der Waals surface area contributed by atoms with E-state index < -0.39 is 0 Å². The van der Waals surface area contributed by atoms with Crippen molar-refractivity contribution in [2.75, 3.05) is 19.6 Å². The minimum Gasteiger partial charge on any atom is -0.352 e. The van der Waals surface area contributed by atoms with E-state index in [0.717, 1.165) is 35.7 Å². The number of rotatable bonds is 4. The van der Waals surface area contributed by atoms with Crippen LogP contribution < -0.4 is 10.9 Å². The first-order valence-corrected chi connectivity index (χ1v) is 9.56. The lowest BCUT2D eigenvalue weighted by atomic mass is 9.96. The molecule has 0 aromatic carbocycles. The van der Waals surface area contributed by atoms with Crippen molar-refractivity contribution in [2.45, 2.75) is 19.8 Å². The molecule has 6 nitrogen and oxygen atoms in total. The fourth-order valence-corrected chi connectivity index (χ4v) is 3.95. The molecule has 1 N–H and O–H groups in total. The number of aryl methyl sites for hydroxylation is 2. The van der Waals surface area contributed by atoms with Crippen LogP contribution in [0.4, 0.5) is 0 Å². The Hall–Kier alpha value is -2.41. The van der Waals surface area contributed by atoms with Crippen LogP contribution in [0.15, 0.2) is 35.3 Å². The number of likely N-dealkylation sites (tertiary alicyclic amines) is 1. The second-order valence-corrected chi connectivity index (χ2v) is 8.01. The third kappa shape index (κ3) is 4.22. The molecule has 2 aromatic rings. The molecular formula is C19H23N3O3S. The largest absolute Gasteiger partial charge is 0.352 e. The van der Waals surface area contributed by atoms with Gasteiger partial charge in [-0.2, -0.15) is 0 Å². The van der Waals surface area contributed by atoms with Crippen molar-refractivity contribution in [1.82, 2.24) is 14.8 Å². The number of nitrogens with zero attached hydrogens (tertiary/aromatic N) is 2. The van der Waals surface area contributed by atoms with Gasteiger partial charge >= 0.3 is 0 Å². The average Bonchev–Trinajstić information content (AvgIpc) is 3.08. The molecule has 1 aliphatic heterocycles. The maximum Gasteiger partial charge on any atom is 0.263 e. The molecule has 0 spiro atoms. The Balaban J connectivity index is 1.48. The van der Waals surface area contributed by atoms with Crippen LogP contribution in [-0.4, -0.2) is 40.9 Å². The molecule has 0 saturated carbocycles. The van der Waals surface area contributed by atoms with E-state index in [2.05, 4.69) is 5.32 Å². The van der Waals surface area contributed by atoms with Gasteiger partial charge < -0.3 is 14.8 Å². The van der Waals surface area contributed by atoms with E-state index in [0.29, 0.717) is 18.0 Å². The molecule has 3 rings (SSSR count). The van der Waals surface area contributed by atoms with E-state index in [1.807, 2.05) is 24.0 Å². The topological polar surface area (TPSA) is 71.4 Å². The van der Waals surface area contributed by atoms with Crippen LogP contribution in [0.3, 0.4) is 0 Å². The van der Waals surface area contributed by atoms with Crippen LogP contribution >= 0.6 is 11.3 Å². The summed E-state index contributed by atoms with van der Waals surface area (Å²) in [5.41, 5.74) is 0.340. The highest BCUT2D eigenvalue weighted by atomic mass is 32.1. The van der Waals surface area contributed by atoms with Crippen molar-refractivity contribution in [3.8, 4) is 0 Å². The van der Waals surface area contributed by atoms with Crippen LogP contribution in [0.2, 0.25) is 0 Å². The summed E-state index contributed by atoms with van der Waals surface area (Å²) in [6.45, 7) is 4.02. The zero-order valence-corrected chi connectivity index (χ0v) is 15.8. The van der Waals surface area contributed by atoms with Gasteiger partial charge in [-0.05, 0) is 43.9 Å². The summed E-state index contributed by atoms with van der Waals surface area (Å²) in [5, 5.41) is 2.94.